The Morgan fingerprint density at radius 1 is 1.29 bits per heavy atom. The summed E-state index contributed by atoms with van der Waals surface area (Å²) in [5, 5.41) is 0.465. The predicted molar refractivity (Wildman–Crippen MR) is 118 cm³/mol. The highest BCUT2D eigenvalue weighted by Gasteiger charge is 2.50. The second kappa shape index (κ2) is 9.64. The molecule has 0 saturated carbocycles. The second-order valence-corrected chi connectivity index (χ2v) is 15.9. The Labute approximate surface area is 179 Å². The van der Waals surface area contributed by atoms with Crippen LogP contribution in [0.1, 0.15) is 47.2 Å². The Morgan fingerprint density at radius 2 is 1.79 bits per heavy atom. The molecule has 9 heteroatoms. The van der Waals surface area contributed by atoms with Crippen molar-refractivity contribution < 1.29 is 17.7 Å². The number of alkyl halides is 2. The molecule has 1 aromatic heterocycles. The van der Waals surface area contributed by atoms with Gasteiger partial charge in [0.05, 0.1) is 8.07 Å². The molecule has 3 nitrogen and oxygen atoms in total. The summed E-state index contributed by atoms with van der Waals surface area (Å²) < 4.78 is 58.8. The molecule has 0 radical (unpaired) electrons. The van der Waals surface area contributed by atoms with Gasteiger partial charge in [0.15, 0.2) is 5.54 Å². The Balaban J connectivity index is 3.80. The number of nitrogens with one attached hydrogen (secondary N) is 1. The highest BCUT2D eigenvalue weighted by Crippen LogP contribution is 2.35. The summed E-state index contributed by atoms with van der Waals surface area (Å²) >= 11 is 1.38. The van der Waals surface area contributed by atoms with Crippen LogP contribution in [0, 0.1) is 5.82 Å². The molecule has 0 bridgehead atoms. The fraction of sp³-hybridized carbons (Fsp3) is 0.632. The van der Waals surface area contributed by atoms with Gasteiger partial charge < -0.3 is 4.55 Å². The maximum atomic E-state index is 15.7. The second-order valence-electron chi connectivity index (χ2n) is 7.85. The van der Waals surface area contributed by atoms with E-state index in [9.17, 15) is 13.3 Å². The van der Waals surface area contributed by atoms with Crippen LogP contribution in [0.3, 0.4) is 0 Å². The minimum absolute atomic E-state index is 0.279. The minimum Gasteiger partial charge on any atom is -0.598 e. The van der Waals surface area contributed by atoms with Crippen LogP contribution in [0.15, 0.2) is 23.3 Å². The lowest BCUT2D eigenvalue weighted by atomic mass is 9.96. The largest absolute Gasteiger partial charge is 0.598 e. The zero-order valence-corrected chi connectivity index (χ0v) is 20.7. The van der Waals surface area contributed by atoms with Crippen LogP contribution in [0.5, 0.6) is 0 Å². The molecule has 0 amide bonds. The van der Waals surface area contributed by atoms with E-state index in [-0.39, 0.29) is 4.60 Å². The van der Waals surface area contributed by atoms with E-state index in [0.717, 1.165) is 24.2 Å². The molecule has 1 N–H and O–H groups in total. The number of rotatable bonds is 9. The number of hydrogen-bond donors (Lipinski definition) is 1. The quantitative estimate of drug-likeness (QED) is 0.214. The molecular weight excluding hydrogens is 469 g/mol. The van der Waals surface area contributed by atoms with E-state index in [4.69, 9.17) is 0 Å². The van der Waals surface area contributed by atoms with Crippen molar-refractivity contribution in [2.24, 2.45) is 0 Å². The van der Waals surface area contributed by atoms with Gasteiger partial charge in [-0.05, 0) is 48.0 Å². The zero-order chi connectivity index (χ0) is 21.9. The summed E-state index contributed by atoms with van der Waals surface area (Å²) in [4.78, 5) is 4.07. The van der Waals surface area contributed by atoms with Gasteiger partial charge in [0.25, 0.3) is 6.43 Å². The molecule has 0 aliphatic carbocycles. The van der Waals surface area contributed by atoms with Gasteiger partial charge in [-0.3, -0.25) is 0 Å². The number of hydrogen-bond acceptors (Lipinski definition) is 3. The van der Waals surface area contributed by atoms with Crippen molar-refractivity contribution >= 4 is 40.6 Å². The first-order chi connectivity index (χ1) is 12.8. The molecule has 0 unspecified atom stereocenters. The topological polar surface area (TPSA) is 48.0 Å². The molecule has 0 spiro atoms. The number of nitrogens with zero attached hydrogens (tertiary/aromatic N) is 1. The molecule has 0 fully saturated rings. The number of aromatic nitrogens is 1. The lowest BCUT2D eigenvalue weighted by Crippen LogP contribution is -2.56. The van der Waals surface area contributed by atoms with Gasteiger partial charge in [0.2, 0.25) is 0 Å². The van der Waals surface area contributed by atoms with Crippen molar-refractivity contribution in [2.45, 2.75) is 76.4 Å². The summed E-state index contributed by atoms with van der Waals surface area (Å²) in [5.41, 5.74) is -2.83. The molecular formula is C19H30BrF3N2OSSi. The molecule has 28 heavy (non-hydrogen) atoms. The minimum atomic E-state index is -3.10. The van der Waals surface area contributed by atoms with Gasteiger partial charge in [-0.25, -0.2) is 18.2 Å². The summed E-state index contributed by atoms with van der Waals surface area (Å²) in [6, 6.07) is 3.96. The van der Waals surface area contributed by atoms with Crippen molar-refractivity contribution in [1.29, 1.82) is 0 Å². The first kappa shape index (κ1) is 25.7. The summed E-state index contributed by atoms with van der Waals surface area (Å²) in [5.74, 6) is -0.751. The maximum Gasteiger partial charge on any atom is 0.270 e. The normalized spacial score (nSPS) is 16.1. The van der Waals surface area contributed by atoms with Crippen molar-refractivity contribution in [3.8, 4) is 0 Å². The average molecular weight is 500 g/mol. The van der Waals surface area contributed by atoms with Crippen molar-refractivity contribution in [1.82, 2.24) is 9.71 Å². The molecule has 1 rings (SSSR count). The van der Waals surface area contributed by atoms with Gasteiger partial charge in [0.1, 0.15) is 20.9 Å². The fourth-order valence-corrected chi connectivity index (χ4v) is 8.38. The van der Waals surface area contributed by atoms with Gasteiger partial charge in [-0.15, -0.1) is 11.3 Å². The average Bonchev–Trinajstić information content (AvgIpc) is 2.62. The van der Waals surface area contributed by atoms with Crippen LogP contribution >= 0.6 is 15.9 Å². The Kier molecular flexibility index (Phi) is 8.84. The first-order valence-electron chi connectivity index (χ1n) is 9.33. The van der Waals surface area contributed by atoms with Crippen molar-refractivity contribution in [3.05, 3.63) is 34.8 Å². The summed E-state index contributed by atoms with van der Waals surface area (Å²) in [6.07, 6.45) is -2.18. The lowest BCUT2D eigenvalue weighted by Gasteiger charge is -2.36. The van der Waals surface area contributed by atoms with Crippen LogP contribution in [-0.4, -0.2) is 28.8 Å². The molecule has 0 saturated heterocycles. The molecule has 1 heterocycles. The molecule has 0 aliphatic rings. The molecule has 2 atom stereocenters. The Morgan fingerprint density at radius 3 is 2.14 bits per heavy atom. The number of halogens is 4. The van der Waals surface area contributed by atoms with E-state index in [1.165, 1.54) is 0 Å². The predicted octanol–water partition coefficient (Wildman–Crippen LogP) is 5.40. The summed E-state index contributed by atoms with van der Waals surface area (Å²) in [7, 11) is -2.23. The van der Waals surface area contributed by atoms with Gasteiger partial charge in [-0.1, -0.05) is 45.0 Å². The standard InChI is InChI=1S/C19H30BrF3N2OSSi/c1-8-19(17(22)23,25-27(26)18(5,6)7)16-15(21)13(12-14(20)24-16)28(9-2,10-3)11-4/h8,12,17,25H,1,9-11H2,2-7H3/t19-,27-/m0/s1. The fourth-order valence-electron chi connectivity index (χ4n) is 3.21. The third-order valence-electron chi connectivity index (χ3n) is 5.40. The van der Waals surface area contributed by atoms with E-state index in [2.05, 4.69) is 32.2 Å². The SMILES string of the molecule is C=C[C@](N[S@@+]([O-])C(C)(C)C)(c1nc(Br)cc([Si](CC)(CC)CC)c1F)C(F)F. The highest BCUT2D eigenvalue weighted by molar-refractivity contribution is 9.10. The monoisotopic (exact) mass is 498 g/mol. The molecule has 0 aliphatic heterocycles. The van der Waals surface area contributed by atoms with Crippen LogP contribution in [-0.2, 0) is 16.9 Å². The third kappa shape index (κ3) is 4.86. The van der Waals surface area contributed by atoms with E-state index < -0.39 is 47.7 Å². The smallest absolute Gasteiger partial charge is 0.270 e. The zero-order valence-electron chi connectivity index (χ0n) is 17.3. The van der Waals surface area contributed by atoms with Crippen molar-refractivity contribution in [3.63, 3.8) is 0 Å². The lowest BCUT2D eigenvalue weighted by molar-refractivity contribution is 0.0643. The van der Waals surface area contributed by atoms with Crippen LogP contribution < -0.4 is 9.91 Å². The first-order valence-corrected chi connectivity index (χ1v) is 13.9. The highest BCUT2D eigenvalue weighted by atomic mass is 79.9. The summed E-state index contributed by atoms with van der Waals surface area (Å²) in [6.45, 7) is 14.5. The molecule has 1 aromatic rings. The van der Waals surface area contributed by atoms with Crippen molar-refractivity contribution in [2.75, 3.05) is 0 Å². The van der Waals surface area contributed by atoms with Crippen LogP contribution in [0.25, 0.3) is 0 Å². The Bertz CT molecular complexity index is 690. The third-order valence-corrected chi connectivity index (χ3v) is 13.0. The maximum absolute atomic E-state index is 15.7. The van der Waals surface area contributed by atoms with Gasteiger partial charge in [0, 0.05) is 11.4 Å². The van der Waals surface area contributed by atoms with E-state index in [0.29, 0.717) is 5.19 Å². The van der Waals surface area contributed by atoms with Gasteiger partial charge in [-0.2, -0.15) is 0 Å². The molecule has 0 aromatic carbocycles. The Hall–Kier alpha value is -0.353. The van der Waals surface area contributed by atoms with Crippen LogP contribution in [0.4, 0.5) is 13.2 Å². The number of pyridine rings is 1. The van der Waals surface area contributed by atoms with Gasteiger partial charge >= 0.3 is 0 Å². The van der Waals surface area contributed by atoms with E-state index >= 15 is 4.39 Å². The molecule has 160 valence electrons. The van der Waals surface area contributed by atoms with E-state index in [1.54, 1.807) is 26.8 Å². The van der Waals surface area contributed by atoms with E-state index in [1.807, 2.05) is 20.8 Å². The van der Waals surface area contributed by atoms with Crippen LogP contribution in [0.2, 0.25) is 18.1 Å².